The molecule has 2 aromatic carbocycles. The fraction of sp³-hybridized carbons (Fsp3) is 0.217. The Bertz CT molecular complexity index is 1300. The Kier molecular flexibility index (Phi) is 6.74. The van der Waals surface area contributed by atoms with Crippen LogP contribution in [-0.4, -0.2) is 25.9 Å². The van der Waals surface area contributed by atoms with Gasteiger partial charge in [0.15, 0.2) is 10.8 Å². The number of anilines is 1. The molecule has 2 heterocycles. The molecule has 1 N–H and O–H groups in total. The maximum atomic E-state index is 12.9. The normalized spacial score (nSPS) is 11.0. The van der Waals surface area contributed by atoms with Gasteiger partial charge in [-0.2, -0.15) is 0 Å². The monoisotopic (exact) mass is 529 g/mol. The van der Waals surface area contributed by atoms with Crippen LogP contribution in [0.5, 0.6) is 0 Å². The van der Waals surface area contributed by atoms with E-state index in [0.29, 0.717) is 22.3 Å². The van der Waals surface area contributed by atoms with Gasteiger partial charge >= 0.3 is 0 Å². The third-order valence-electron chi connectivity index (χ3n) is 5.17. The number of nitrogens with zero attached hydrogens (tertiary/aromatic N) is 4. The summed E-state index contributed by atoms with van der Waals surface area (Å²) < 4.78 is 2.57. The smallest absolute Gasteiger partial charge is 0.279 e. The van der Waals surface area contributed by atoms with Gasteiger partial charge in [-0.25, -0.2) is 9.67 Å². The average molecular weight is 531 g/mol. The quantitative estimate of drug-likeness (QED) is 0.324. The molecule has 0 atom stereocenters. The fourth-order valence-electron chi connectivity index (χ4n) is 3.42. The van der Waals surface area contributed by atoms with Crippen molar-refractivity contribution in [2.24, 2.45) is 0 Å². The minimum atomic E-state index is -0.324. The number of aryl methyl sites for hydroxylation is 2. The van der Waals surface area contributed by atoms with Gasteiger partial charge in [0.05, 0.1) is 22.1 Å². The minimum Gasteiger partial charge on any atom is -0.296 e. The van der Waals surface area contributed by atoms with E-state index in [0.717, 1.165) is 38.3 Å². The molecule has 0 spiro atoms. The summed E-state index contributed by atoms with van der Waals surface area (Å²) in [6, 6.07) is 13.9. The van der Waals surface area contributed by atoms with E-state index in [4.69, 9.17) is 11.6 Å². The van der Waals surface area contributed by atoms with Gasteiger partial charge in [0, 0.05) is 15.8 Å². The Morgan fingerprint density at radius 2 is 2.00 bits per heavy atom. The van der Waals surface area contributed by atoms with Crippen molar-refractivity contribution < 1.29 is 4.79 Å². The van der Waals surface area contributed by atoms with Crippen LogP contribution in [0.25, 0.3) is 5.69 Å². The van der Waals surface area contributed by atoms with Gasteiger partial charge in [-0.1, -0.05) is 48.0 Å². The zero-order valence-corrected chi connectivity index (χ0v) is 21.0. The molecule has 4 rings (SSSR count). The summed E-state index contributed by atoms with van der Waals surface area (Å²) in [4.78, 5) is 18.5. The van der Waals surface area contributed by atoms with Crippen LogP contribution in [0.3, 0.4) is 0 Å². The summed E-state index contributed by atoms with van der Waals surface area (Å²) in [5.41, 5.74) is 4.99. The molecule has 0 saturated heterocycles. The van der Waals surface area contributed by atoms with E-state index in [1.54, 1.807) is 4.68 Å². The van der Waals surface area contributed by atoms with Crippen LogP contribution in [0.4, 0.5) is 5.13 Å². The summed E-state index contributed by atoms with van der Waals surface area (Å²) in [6.45, 7) is 5.87. The predicted octanol–water partition coefficient (Wildman–Crippen LogP) is 6.16. The first-order valence-corrected chi connectivity index (χ1v) is 12.1. The summed E-state index contributed by atoms with van der Waals surface area (Å²) >= 11 is 11.1. The topological polar surface area (TPSA) is 72.7 Å². The molecule has 0 fully saturated rings. The first kappa shape index (κ1) is 22.6. The van der Waals surface area contributed by atoms with Crippen molar-refractivity contribution in [3.05, 3.63) is 85.0 Å². The van der Waals surface area contributed by atoms with Crippen LogP contribution in [0, 0.1) is 13.8 Å². The van der Waals surface area contributed by atoms with E-state index in [1.807, 2.05) is 50.2 Å². The predicted molar refractivity (Wildman–Crippen MR) is 132 cm³/mol. The Balaban J connectivity index is 1.53. The van der Waals surface area contributed by atoms with Crippen molar-refractivity contribution in [1.29, 1.82) is 0 Å². The number of thiazole rings is 1. The summed E-state index contributed by atoms with van der Waals surface area (Å²) in [5, 5.41) is 12.4. The molecule has 32 heavy (non-hydrogen) atoms. The summed E-state index contributed by atoms with van der Waals surface area (Å²) in [5.74, 6) is -0.324. The number of aromatic nitrogens is 4. The number of carbonyl (C=O) groups excluding carboxylic acids is 1. The van der Waals surface area contributed by atoms with Gasteiger partial charge in [-0.05, 0) is 65.5 Å². The fourth-order valence-corrected chi connectivity index (χ4v) is 4.86. The Morgan fingerprint density at radius 1 is 1.22 bits per heavy atom. The highest BCUT2D eigenvalue weighted by Gasteiger charge is 2.20. The van der Waals surface area contributed by atoms with Crippen LogP contribution in [0.2, 0.25) is 5.02 Å². The molecule has 4 aromatic rings. The number of rotatable bonds is 6. The summed E-state index contributed by atoms with van der Waals surface area (Å²) in [6.07, 6.45) is 1.55. The molecule has 0 bridgehead atoms. The van der Waals surface area contributed by atoms with Crippen molar-refractivity contribution in [2.45, 2.75) is 33.6 Å². The molecular weight excluding hydrogens is 510 g/mol. The lowest BCUT2D eigenvalue weighted by molar-refractivity contribution is 0.102. The number of hydrogen-bond donors (Lipinski definition) is 1. The van der Waals surface area contributed by atoms with Crippen LogP contribution >= 0.6 is 38.9 Å². The highest BCUT2D eigenvalue weighted by molar-refractivity contribution is 9.10. The van der Waals surface area contributed by atoms with Crippen LogP contribution in [0.1, 0.15) is 44.8 Å². The van der Waals surface area contributed by atoms with E-state index in [-0.39, 0.29) is 11.6 Å². The molecule has 0 radical (unpaired) electrons. The van der Waals surface area contributed by atoms with Crippen molar-refractivity contribution >= 4 is 49.9 Å². The molecule has 1 amide bonds. The van der Waals surface area contributed by atoms with Crippen LogP contribution < -0.4 is 5.32 Å². The maximum Gasteiger partial charge on any atom is 0.279 e. The minimum absolute atomic E-state index is 0.282. The maximum absolute atomic E-state index is 12.9. The van der Waals surface area contributed by atoms with E-state index < -0.39 is 0 Å². The lowest BCUT2D eigenvalue weighted by Gasteiger charge is -2.08. The molecule has 9 heteroatoms. The van der Waals surface area contributed by atoms with Crippen molar-refractivity contribution in [2.75, 3.05) is 5.32 Å². The molecule has 2 aromatic heterocycles. The van der Waals surface area contributed by atoms with Crippen molar-refractivity contribution in [3.8, 4) is 5.69 Å². The lowest BCUT2D eigenvalue weighted by atomic mass is 10.1. The van der Waals surface area contributed by atoms with Gasteiger partial charge in [0.25, 0.3) is 5.91 Å². The molecule has 0 unspecified atom stereocenters. The van der Waals surface area contributed by atoms with Gasteiger partial charge in [-0.15, -0.1) is 16.4 Å². The molecule has 164 valence electrons. The largest absolute Gasteiger partial charge is 0.296 e. The van der Waals surface area contributed by atoms with Gasteiger partial charge in [-0.3, -0.25) is 10.1 Å². The molecule has 0 aliphatic carbocycles. The zero-order chi connectivity index (χ0) is 22.8. The highest BCUT2D eigenvalue weighted by atomic mass is 79.9. The second kappa shape index (κ2) is 9.52. The molecular formula is C23H21BrClN5OS. The van der Waals surface area contributed by atoms with Gasteiger partial charge < -0.3 is 0 Å². The van der Waals surface area contributed by atoms with Crippen molar-refractivity contribution in [3.63, 3.8) is 0 Å². The second-order valence-electron chi connectivity index (χ2n) is 7.32. The molecule has 0 aliphatic rings. The van der Waals surface area contributed by atoms with Gasteiger partial charge in [0.2, 0.25) is 0 Å². The van der Waals surface area contributed by atoms with Crippen LogP contribution in [-0.2, 0) is 12.8 Å². The Morgan fingerprint density at radius 3 is 2.75 bits per heavy atom. The molecule has 6 nitrogen and oxygen atoms in total. The van der Waals surface area contributed by atoms with Crippen LogP contribution in [0.15, 0.2) is 46.9 Å². The average Bonchev–Trinajstić information content (AvgIpc) is 3.32. The van der Waals surface area contributed by atoms with E-state index in [1.165, 1.54) is 11.3 Å². The Hall–Kier alpha value is -2.55. The number of carbonyl (C=O) groups is 1. The number of amides is 1. The SMILES string of the molecule is CCc1ccccc1-n1nnc(C(=O)Nc2nc(C)c(Cc3ccc(Br)c(Cl)c3)s2)c1C. The lowest BCUT2D eigenvalue weighted by Crippen LogP contribution is -2.14. The highest BCUT2D eigenvalue weighted by Crippen LogP contribution is 2.29. The third kappa shape index (κ3) is 4.62. The zero-order valence-electron chi connectivity index (χ0n) is 17.8. The van der Waals surface area contributed by atoms with E-state index in [9.17, 15) is 4.79 Å². The number of benzene rings is 2. The van der Waals surface area contributed by atoms with E-state index >= 15 is 0 Å². The number of halogens is 2. The molecule has 0 saturated carbocycles. The first-order chi connectivity index (χ1) is 15.4. The second-order valence-corrected chi connectivity index (χ2v) is 9.67. The summed E-state index contributed by atoms with van der Waals surface area (Å²) in [7, 11) is 0. The first-order valence-electron chi connectivity index (χ1n) is 10.1. The number of hydrogen-bond acceptors (Lipinski definition) is 5. The third-order valence-corrected chi connectivity index (χ3v) is 7.48. The number of para-hydroxylation sites is 1. The van der Waals surface area contributed by atoms with Crippen molar-refractivity contribution in [1.82, 2.24) is 20.0 Å². The number of nitrogens with one attached hydrogen (secondary N) is 1. The Labute approximate surface area is 203 Å². The molecule has 0 aliphatic heterocycles. The standard InChI is InChI=1S/C23H21BrClN5OS/c1-4-16-7-5-6-8-19(16)30-14(3)21(28-29-30)22(31)27-23-26-13(2)20(32-23)12-15-9-10-17(24)18(25)11-15/h5-11H,4,12H2,1-3H3,(H,26,27,31). The van der Waals surface area contributed by atoms with E-state index in [2.05, 4.69) is 49.5 Å². The van der Waals surface area contributed by atoms with Gasteiger partial charge in [0.1, 0.15) is 0 Å².